The second-order valence-electron chi connectivity index (χ2n) is 3.43. The molecule has 0 unspecified atom stereocenters. The van der Waals surface area contributed by atoms with Gasteiger partial charge in [0.25, 0.3) is 5.56 Å². The highest BCUT2D eigenvalue weighted by Crippen LogP contribution is 2.06. The maximum Gasteiger partial charge on any atom is 0.328 e. The molecule has 1 aromatic carbocycles. The van der Waals surface area contributed by atoms with E-state index in [0.717, 1.165) is 6.42 Å². The second-order valence-corrected chi connectivity index (χ2v) is 3.43. The quantitative estimate of drug-likeness (QED) is 0.796. The molecule has 0 radical (unpaired) electrons. The summed E-state index contributed by atoms with van der Waals surface area (Å²) < 4.78 is 1.59. The Morgan fingerprint density at radius 2 is 2.00 bits per heavy atom. The number of nitrogens with one attached hydrogen (secondary N) is 1. The molecule has 2 rings (SSSR count). The molecule has 0 saturated heterocycles. The van der Waals surface area contributed by atoms with Crippen LogP contribution in [0.4, 0.5) is 0 Å². The lowest BCUT2D eigenvalue weighted by molar-refractivity contribution is 0.658. The zero-order valence-electron chi connectivity index (χ0n) is 8.49. The lowest BCUT2D eigenvalue weighted by Crippen LogP contribution is -2.30. The first-order valence-corrected chi connectivity index (χ1v) is 4.96. The standard InChI is InChI=1S/C11H12N2O2/c1-2-7-13-9-6-4-3-5-8(9)10(14)12-11(13)15/h3-6H,2,7H2,1H3,(H,12,14,15). The lowest BCUT2D eigenvalue weighted by atomic mass is 10.2. The van der Waals surface area contributed by atoms with Crippen LogP contribution >= 0.6 is 0 Å². The zero-order chi connectivity index (χ0) is 10.8. The number of aromatic amines is 1. The van der Waals surface area contributed by atoms with Gasteiger partial charge in [-0.05, 0) is 18.6 Å². The van der Waals surface area contributed by atoms with Gasteiger partial charge in [0.05, 0.1) is 10.9 Å². The SMILES string of the molecule is CCCn1c(=O)[nH]c(=O)c2ccccc21. The summed E-state index contributed by atoms with van der Waals surface area (Å²) >= 11 is 0. The predicted molar refractivity (Wildman–Crippen MR) is 59.1 cm³/mol. The van der Waals surface area contributed by atoms with E-state index >= 15 is 0 Å². The summed E-state index contributed by atoms with van der Waals surface area (Å²) in [4.78, 5) is 25.4. The van der Waals surface area contributed by atoms with E-state index in [1.807, 2.05) is 13.0 Å². The molecule has 4 nitrogen and oxygen atoms in total. The van der Waals surface area contributed by atoms with Crippen molar-refractivity contribution in [1.29, 1.82) is 0 Å². The van der Waals surface area contributed by atoms with E-state index in [4.69, 9.17) is 0 Å². The van der Waals surface area contributed by atoms with Gasteiger partial charge in [-0.25, -0.2) is 4.79 Å². The molecule has 15 heavy (non-hydrogen) atoms. The van der Waals surface area contributed by atoms with Crippen LogP contribution in [-0.4, -0.2) is 9.55 Å². The Kier molecular flexibility index (Phi) is 2.41. The molecule has 1 heterocycles. The minimum atomic E-state index is -0.333. The minimum absolute atomic E-state index is 0.317. The maximum absolute atomic E-state index is 11.6. The summed E-state index contributed by atoms with van der Waals surface area (Å²) in [6.07, 6.45) is 0.857. The summed E-state index contributed by atoms with van der Waals surface area (Å²) in [6, 6.07) is 7.13. The Labute approximate surface area is 86.2 Å². The number of aromatic nitrogens is 2. The first-order chi connectivity index (χ1) is 7.24. The summed E-state index contributed by atoms with van der Waals surface area (Å²) in [5.41, 5.74) is 0.0524. The number of rotatable bonds is 2. The van der Waals surface area contributed by atoms with E-state index in [2.05, 4.69) is 4.98 Å². The number of para-hydroxylation sites is 1. The number of benzene rings is 1. The molecule has 0 amide bonds. The van der Waals surface area contributed by atoms with E-state index in [1.54, 1.807) is 22.8 Å². The second kappa shape index (κ2) is 3.73. The predicted octanol–water partition coefficient (Wildman–Crippen LogP) is 1.10. The van der Waals surface area contributed by atoms with Crippen molar-refractivity contribution in [2.45, 2.75) is 19.9 Å². The van der Waals surface area contributed by atoms with Crippen LogP contribution < -0.4 is 11.2 Å². The molecule has 0 spiro atoms. The largest absolute Gasteiger partial charge is 0.328 e. The molecule has 0 aliphatic rings. The first-order valence-electron chi connectivity index (χ1n) is 4.96. The van der Waals surface area contributed by atoms with Crippen molar-refractivity contribution >= 4 is 10.9 Å². The van der Waals surface area contributed by atoms with E-state index in [-0.39, 0.29) is 11.2 Å². The fraction of sp³-hybridized carbons (Fsp3) is 0.273. The third-order valence-corrected chi connectivity index (χ3v) is 2.35. The Balaban J connectivity index is 2.90. The Hall–Kier alpha value is -1.84. The number of hydrogen-bond donors (Lipinski definition) is 1. The van der Waals surface area contributed by atoms with Crippen molar-refractivity contribution < 1.29 is 0 Å². The lowest BCUT2D eigenvalue weighted by Gasteiger charge is -2.06. The molecule has 2 aromatic rings. The van der Waals surface area contributed by atoms with Crippen molar-refractivity contribution in [2.24, 2.45) is 0 Å². The zero-order valence-corrected chi connectivity index (χ0v) is 8.49. The summed E-state index contributed by atoms with van der Waals surface area (Å²) in [6.45, 7) is 2.61. The highest BCUT2D eigenvalue weighted by molar-refractivity contribution is 5.77. The topological polar surface area (TPSA) is 54.9 Å². The molecule has 1 aromatic heterocycles. The van der Waals surface area contributed by atoms with E-state index < -0.39 is 0 Å². The van der Waals surface area contributed by atoms with Gasteiger partial charge in [-0.2, -0.15) is 0 Å². The van der Waals surface area contributed by atoms with Crippen LogP contribution in [-0.2, 0) is 6.54 Å². The smallest absolute Gasteiger partial charge is 0.293 e. The van der Waals surface area contributed by atoms with Crippen LogP contribution in [0.25, 0.3) is 10.9 Å². The summed E-state index contributed by atoms with van der Waals surface area (Å²) in [5.74, 6) is 0. The molecule has 0 aliphatic carbocycles. The van der Waals surface area contributed by atoms with Crippen LogP contribution in [0.2, 0.25) is 0 Å². The molecule has 0 bridgehead atoms. The van der Waals surface area contributed by atoms with E-state index in [0.29, 0.717) is 17.4 Å². The van der Waals surface area contributed by atoms with Gasteiger partial charge in [-0.15, -0.1) is 0 Å². The van der Waals surface area contributed by atoms with Gasteiger partial charge in [0.2, 0.25) is 0 Å². The number of aryl methyl sites for hydroxylation is 1. The average molecular weight is 204 g/mol. The first kappa shape index (κ1) is 9.71. The number of nitrogens with zero attached hydrogens (tertiary/aromatic N) is 1. The van der Waals surface area contributed by atoms with E-state index in [9.17, 15) is 9.59 Å². The van der Waals surface area contributed by atoms with Gasteiger partial charge in [-0.3, -0.25) is 14.3 Å². The Morgan fingerprint density at radius 1 is 1.27 bits per heavy atom. The van der Waals surface area contributed by atoms with Crippen molar-refractivity contribution in [3.63, 3.8) is 0 Å². The third kappa shape index (κ3) is 1.58. The normalized spacial score (nSPS) is 10.7. The molecule has 0 saturated carbocycles. The highest BCUT2D eigenvalue weighted by atomic mass is 16.2. The Morgan fingerprint density at radius 3 is 2.73 bits per heavy atom. The van der Waals surface area contributed by atoms with Gasteiger partial charge in [0.1, 0.15) is 0 Å². The monoisotopic (exact) mass is 204 g/mol. The number of hydrogen-bond acceptors (Lipinski definition) is 2. The van der Waals surface area contributed by atoms with Crippen molar-refractivity contribution in [3.8, 4) is 0 Å². The minimum Gasteiger partial charge on any atom is -0.293 e. The van der Waals surface area contributed by atoms with Gasteiger partial charge in [0, 0.05) is 6.54 Å². The average Bonchev–Trinajstić information content (AvgIpc) is 2.24. The van der Waals surface area contributed by atoms with Crippen LogP contribution in [0, 0.1) is 0 Å². The molecule has 1 N–H and O–H groups in total. The van der Waals surface area contributed by atoms with Crippen LogP contribution in [0.1, 0.15) is 13.3 Å². The molecule has 0 aliphatic heterocycles. The van der Waals surface area contributed by atoms with Crippen molar-refractivity contribution in [1.82, 2.24) is 9.55 Å². The molecular weight excluding hydrogens is 192 g/mol. The fourth-order valence-corrected chi connectivity index (χ4v) is 1.69. The summed E-state index contributed by atoms with van der Waals surface area (Å²) in [7, 11) is 0. The van der Waals surface area contributed by atoms with Gasteiger partial charge in [0.15, 0.2) is 0 Å². The fourth-order valence-electron chi connectivity index (χ4n) is 1.69. The van der Waals surface area contributed by atoms with Crippen LogP contribution in [0.15, 0.2) is 33.9 Å². The Bertz CT molecular complexity index is 595. The molecule has 0 atom stereocenters. The molecule has 0 fully saturated rings. The van der Waals surface area contributed by atoms with Gasteiger partial charge < -0.3 is 0 Å². The molecule has 4 heteroatoms. The maximum atomic E-state index is 11.6. The van der Waals surface area contributed by atoms with Crippen LogP contribution in [0.5, 0.6) is 0 Å². The van der Waals surface area contributed by atoms with Crippen molar-refractivity contribution in [3.05, 3.63) is 45.1 Å². The van der Waals surface area contributed by atoms with Crippen molar-refractivity contribution in [2.75, 3.05) is 0 Å². The van der Waals surface area contributed by atoms with Crippen LogP contribution in [0.3, 0.4) is 0 Å². The third-order valence-electron chi connectivity index (χ3n) is 2.35. The van der Waals surface area contributed by atoms with E-state index in [1.165, 1.54) is 0 Å². The number of fused-ring (bicyclic) bond motifs is 1. The molecular formula is C11H12N2O2. The highest BCUT2D eigenvalue weighted by Gasteiger charge is 2.04. The number of H-pyrrole nitrogens is 1. The molecule has 78 valence electrons. The summed E-state index contributed by atoms with van der Waals surface area (Å²) in [5, 5.41) is 0.561. The van der Waals surface area contributed by atoms with Gasteiger partial charge >= 0.3 is 5.69 Å². The van der Waals surface area contributed by atoms with Gasteiger partial charge in [-0.1, -0.05) is 19.1 Å².